The highest BCUT2D eigenvalue weighted by Gasteiger charge is 2.26. The molecule has 0 bridgehead atoms. The number of hydrogen-bond acceptors (Lipinski definition) is 3. The third kappa shape index (κ3) is 3.03. The molecule has 2 aromatic carbocycles. The van der Waals surface area contributed by atoms with Crippen molar-refractivity contribution in [3.8, 4) is 0 Å². The molecule has 3 N–H and O–H groups in total. The van der Waals surface area contributed by atoms with Gasteiger partial charge in [-0.05, 0) is 55.8 Å². The van der Waals surface area contributed by atoms with Gasteiger partial charge in [0.1, 0.15) is 0 Å². The zero-order valence-corrected chi connectivity index (χ0v) is 12.3. The Morgan fingerprint density at radius 1 is 1.00 bits per heavy atom. The summed E-state index contributed by atoms with van der Waals surface area (Å²) in [7, 11) is 0. The summed E-state index contributed by atoms with van der Waals surface area (Å²) in [5, 5.41) is 12.2. The average Bonchev–Trinajstić information content (AvgIpc) is 2.43. The largest absolute Gasteiger partial charge is 0.366 e. The number of carbonyl (C=O) groups excluding carboxylic acids is 2. The van der Waals surface area contributed by atoms with Crippen molar-refractivity contribution in [2.75, 3.05) is 0 Å². The third-order valence-corrected chi connectivity index (χ3v) is 3.20. The van der Waals surface area contributed by atoms with Crippen LogP contribution in [0, 0.1) is 0 Å². The van der Waals surface area contributed by atoms with Crippen LogP contribution < -0.4 is 5.73 Å². The van der Waals surface area contributed by atoms with Gasteiger partial charge in [0.25, 0.3) is 5.91 Å². The Morgan fingerprint density at radius 3 is 2.05 bits per heavy atom. The lowest BCUT2D eigenvalue weighted by atomic mass is 10.0. The minimum absolute atomic E-state index is 0.349. The summed E-state index contributed by atoms with van der Waals surface area (Å²) in [5.41, 5.74) is 5.29. The molecule has 0 aliphatic rings. The maximum absolute atomic E-state index is 12.2. The van der Waals surface area contributed by atoms with Gasteiger partial charge >= 0.3 is 0 Å². The fourth-order valence-corrected chi connectivity index (χ4v) is 1.96. The molecule has 21 heavy (non-hydrogen) atoms. The summed E-state index contributed by atoms with van der Waals surface area (Å²) in [6.07, 6.45) is 0. The van der Waals surface area contributed by atoms with Crippen LogP contribution in [-0.2, 0) is 0 Å². The van der Waals surface area contributed by atoms with E-state index in [0.717, 1.165) is 10.8 Å². The van der Waals surface area contributed by atoms with Crippen molar-refractivity contribution in [1.82, 2.24) is 5.06 Å². The van der Waals surface area contributed by atoms with Gasteiger partial charge in [0.2, 0.25) is 5.91 Å². The fourth-order valence-electron chi connectivity index (χ4n) is 1.96. The fraction of sp³-hybridized carbons (Fsp3) is 0.250. The van der Waals surface area contributed by atoms with Crippen LogP contribution in [0.4, 0.5) is 0 Å². The maximum atomic E-state index is 12.2. The molecule has 0 aliphatic heterocycles. The Morgan fingerprint density at radius 2 is 1.52 bits per heavy atom. The Labute approximate surface area is 122 Å². The molecule has 5 heteroatoms. The number of nitrogens with zero attached hydrogens (tertiary/aromatic N) is 1. The lowest BCUT2D eigenvalue weighted by Crippen LogP contribution is -2.43. The first kappa shape index (κ1) is 15.0. The van der Waals surface area contributed by atoms with Crippen LogP contribution in [0.1, 0.15) is 41.5 Å². The van der Waals surface area contributed by atoms with Gasteiger partial charge in [-0.3, -0.25) is 14.8 Å². The molecule has 2 amide bonds. The number of carbonyl (C=O) groups is 2. The number of rotatable bonds is 2. The van der Waals surface area contributed by atoms with Crippen molar-refractivity contribution in [3.05, 3.63) is 47.5 Å². The first-order valence-electron chi connectivity index (χ1n) is 6.57. The molecule has 0 aliphatic carbocycles. The van der Waals surface area contributed by atoms with Crippen LogP contribution in [0.3, 0.4) is 0 Å². The highest BCUT2D eigenvalue weighted by atomic mass is 16.5. The molecule has 0 radical (unpaired) electrons. The van der Waals surface area contributed by atoms with Gasteiger partial charge in [-0.2, -0.15) is 0 Å². The molecule has 2 aromatic rings. The van der Waals surface area contributed by atoms with Crippen LogP contribution in [0.5, 0.6) is 0 Å². The number of hydroxylamine groups is 2. The van der Waals surface area contributed by atoms with E-state index in [9.17, 15) is 14.8 Å². The van der Waals surface area contributed by atoms with E-state index in [1.54, 1.807) is 57.2 Å². The number of primary amides is 1. The number of benzene rings is 2. The first-order valence-corrected chi connectivity index (χ1v) is 6.57. The lowest BCUT2D eigenvalue weighted by molar-refractivity contribution is -0.114. The quantitative estimate of drug-likeness (QED) is 0.657. The minimum atomic E-state index is -0.693. The monoisotopic (exact) mass is 286 g/mol. The smallest absolute Gasteiger partial charge is 0.277 e. The molecule has 2 rings (SSSR count). The standard InChI is InChI=1S/C16H18N2O3/c1-16(2,3)18(21)15(20)12-7-5-10-4-6-11(14(17)19)8-13(10)9-12/h4-9,21H,1-3H3,(H2,17,19). The van der Waals surface area contributed by atoms with Gasteiger partial charge in [0.15, 0.2) is 0 Å². The second-order valence-corrected chi connectivity index (χ2v) is 5.93. The molecular formula is C16H18N2O3. The minimum Gasteiger partial charge on any atom is -0.366 e. The predicted molar refractivity (Wildman–Crippen MR) is 80.2 cm³/mol. The van der Waals surface area contributed by atoms with E-state index in [1.165, 1.54) is 0 Å². The van der Waals surface area contributed by atoms with Gasteiger partial charge < -0.3 is 5.73 Å². The Kier molecular flexibility index (Phi) is 3.70. The number of amides is 2. The van der Waals surface area contributed by atoms with Gasteiger partial charge in [-0.1, -0.05) is 12.1 Å². The van der Waals surface area contributed by atoms with Crippen LogP contribution in [0.2, 0.25) is 0 Å². The molecule has 0 unspecified atom stereocenters. The summed E-state index contributed by atoms with van der Waals surface area (Å²) in [6.45, 7) is 5.20. The van der Waals surface area contributed by atoms with E-state index in [4.69, 9.17) is 5.73 Å². The van der Waals surface area contributed by atoms with Gasteiger partial charge in [0, 0.05) is 11.1 Å². The highest BCUT2D eigenvalue weighted by Crippen LogP contribution is 2.21. The van der Waals surface area contributed by atoms with Crippen molar-refractivity contribution in [2.24, 2.45) is 5.73 Å². The van der Waals surface area contributed by atoms with E-state index in [-0.39, 0.29) is 0 Å². The lowest BCUT2D eigenvalue weighted by Gasteiger charge is -2.29. The van der Waals surface area contributed by atoms with E-state index in [0.29, 0.717) is 16.2 Å². The van der Waals surface area contributed by atoms with E-state index >= 15 is 0 Å². The molecule has 0 saturated carbocycles. The molecule has 0 heterocycles. The zero-order chi connectivity index (χ0) is 15.8. The van der Waals surface area contributed by atoms with E-state index < -0.39 is 17.4 Å². The molecule has 110 valence electrons. The zero-order valence-electron chi connectivity index (χ0n) is 12.3. The Hall–Kier alpha value is -2.40. The second kappa shape index (κ2) is 5.18. The molecule has 0 fully saturated rings. The predicted octanol–water partition coefficient (Wildman–Crippen LogP) is 2.57. The van der Waals surface area contributed by atoms with Crippen molar-refractivity contribution in [3.63, 3.8) is 0 Å². The van der Waals surface area contributed by atoms with E-state index in [2.05, 4.69) is 0 Å². The first-order chi connectivity index (χ1) is 9.70. The van der Waals surface area contributed by atoms with Crippen LogP contribution in [0.25, 0.3) is 10.8 Å². The van der Waals surface area contributed by atoms with Crippen LogP contribution in [0.15, 0.2) is 36.4 Å². The molecule has 0 saturated heterocycles. The van der Waals surface area contributed by atoms with Gasteiger partial charge in [-0.15, -0.1) is 0 Å². The Bertz CT molecular complexity index is 717. The summed E-state index contributed by atoms with van der Waals surface area (Å²) in [5.74, 6) is -1.01. The molecular weight excluding hydrogens is 268 g/mol. The number of fused-ring (bicyclic) bond motifs is 1. The number of nitrogens with two attached hydrogens (primary N) is 1. The highest BCUT2D eigenvalue weighted by molar-refractivity contribution is 6.01. The van der Waals surface area contributed by atoms with Crippen molar-refractivity contribution < 1.29 is 14.8 Å². The van der Waals surface area contributed by atoms with Crippen molar-refractivity contribution >= 4 is 22.6 Å². The van der Waals surface area contributed by atoms with E-state index in [1.807, 2.05) is 0 Å². The van der Waals surface area contributed by atoms with Crippen molar-refractivity contribution in [2.45, 2.75) is 26.3 Å². The van der Waals surface area contributed by atoms with Gasteiger partial charge in [-0.25, -0.2) is 5.06 Å². The molecule has 0 aromatic heterocycles. The van der Waals surface area contributed by atoms with Gasteiger partial charge in [0.05, 0.1) is 5.54 Å². The molecule has 0 atom stereocenters. The summed E-state index contributed by atoms with van der Waals surface area (Å²) in [4.78, 5) is 23.4. The molecule has 5 nitrogen and oxygen atoms in total. The van der Waals surface area contributed by atoms with Crippen molar-refractivity contribution in [1.29, 1.82) is 0 Å². The normalized spacial score (nSPS) is 11.4. The maximum Gasteiger partial charge on any atom is 0.277 e. The number of hydrogen-bond donors (Lipinski definition) is 2. The third-order valence-electron chi connectivity index (χ3n) is 3.20. The molecule has 0 spiro atoms. The summed E-state index contributed by atoms with van der Waals surface area (Å²) < 4.78 is 0. The van der Waals surface area contributed by atoms with Crippen LogP contribution >= 0.6 is 0 Å². The average molecular weight is 286 g/mol. The summed E-state index contributed by atoms with van der Waals surface area (Å²) in [6, 6.07) is 10.1. The topological polar surface area (TPSA) is 83.6 Å². The second-order valence-electron chi connectivity index (χ2n) is 5.93. The SMILES string of the molecule is CC(C)(C)N(O)C(=O)c1ccc2ccc(C(N)=O)cc2c1. The Balaban J connectivity index is 2.46. The van der Waals surface area contributed by atoms with Crippen LogP contribution in [-0.4, -0.2) is 27.6 Å². The summed E-state index contributed by atoms with van der Waals surface area (Å²) >= 11 is 0.